The normalized spacial score (nSPS) is 13.7. The van der Waals surface area contributed by atoms with Crippen molar-refractivity contribution in [3.05, 3.63) is 58.6 Å². The molecule has 6 heteroatoms. The molecule has 0 aromatic heterocycles. The van der Waals surface area contributed by atoms with Gasteiger partial charge in [0.2, 0.25) is 6.79 Å². The number of halogens is 1. The Morgan fingerprint density at radius 3 is 2.83 bits per heavy atom. The fourth-order valence-corrected chi connectivity index (χ4v) is 2.64. The summed E-state index contributed by atoms with van der Waals surface area (Å²) in [5, 5.41) is 3.46. The first-order chi connectivity index (χ1) is 11.2. The molecule has 23 heavy (non-hydrogen) atoms. The minimum Gasteiger partial charge on any atom is -0.454 e. The number of amides is 1. The lowest BCUT2D eigenvalue weighted by Crippen LogP contribution is -2.29. The van der Waals surface area contributed by atoms with Crippen molar-refractivity contribution in [1.29, 1.82) is 0 Å². The van der Waals surface area contributed by atoms with Gasteiger partial charge in [0, 0.05) is 29.8 Å². The van der Waals surface area contributed by atoms with E-state index < -0.39 is 0 Å². The van der Waals surface area contributed by atoms with Gasteiger partial charge >= 0.3 is 0 Å². The van der Waals surface area contributed by atoms with Crippen LogP contribution in [0.25, 0.3) is 0 Å². The second-order valence-electron chi connectivity index (χ2n) is 5.02. The third-order valence-corrected chi connectivity index (χ3v) is 3.96. The molecule has 0 aliphatic carbocycles. The minimum atomic E-state index is -0.318. The van der Waals surface area contributed by atoms with Crippen molar-refractivity contribution >= 4 is 17.5 Å². The third kappa shape index (κ3) is 3.41. The molecule has 2 aromatic rings. The lowest BCUT2D eigenvalue weighted by Gasteiger charge is -2.17. The van der Waals surface area contributed by atoms with E-state index in [9.17, 15) is 4.79 Å². The Morgan fingerprint density at radius 2 is 2.04 bits per heavy atom. The molecule has 0 fully saturated rings. The van der Waals surface area contributed by atoms with Gasteiger partial charge in [0.05, 0.1) is 0 Å². The molecule has 1 atom stereocenters. The summed E-state index contributed by atoms with van der Waals surface area (Å²) in [7, 11) is 1.58. The van der Waals surface area contributed by atoms with Crippen LogP contribution in [0.5, 0.6) is 11.5 Å². The number of carbonyl (C=O) groups is 1. The number of rotatable bonds is 5. The Labute approximate surface area is 139 Å². The van der Waals surface area contributed by atoms with Crippen LogP contribution in [0.2, 0.25) is 5.02 Å². The third-order valence-electron chi connectivity index (χ3n) is 3.62. The summed E-state index contributed by atoms with van der Waals surface area (Å²) < 4.78 is 15.9. The zero-order valence-corrected chi connectivity index (χ0v) is 13.3. The van der Waals surface area contributed by atoms with Crippen molar-refractivity contribution in [2.24, 2.45) is 0 Å². The van der Waals surface area contributed by atoms with Gasteiger partial charge in [-0.1, -0.05) is 29.8 Å². The van der Waals surface area contributed by atoms with Crippen LogP contribution in [0.1, 0.15) is 22.0 Å². The van der Waals surface area contributed by atoms with Crippen molar-refractivity contribution < 1.29 is 19.0 Å². The molecule has 3 rings (SSSR count). The SMILES string of the molecule is CO[C@H](CNC(=O)c1ccc2c(c1)OCO2)c1ccccc1Cl. The Hall–Kier alpha value is -2.24. The van der Waals surface area contributed by atoms with Gasteiger partial charge in [-0.25, -0.2) is 0 Å². The maximum absolute atomic E-state index is 12.3. The van der Waals surface area contributed by atoms with E-state index in [2.05, 4.69) is 5.32 Å². The van der Waals surface area contributed by atoms with Gasteiger partial charge in [-0.15, -0.1) is 0 Å². The van der Waals surface area contributed by atoms with Gasteiger partial charge in [0.1, 0.15) is 6.10 Å². The van der Waals surface area contributed by atoms with Crippen molar-refractivity contribution in [3.8, 4) is 11.5 Å². The maximum Gasteiger partial charge on any atom is 0.251 e. The van der Waals surface area contributed by atoms with Crippen LogP contribution in [0.3, 0.4) is 0 Å². The smallest absolute Gasteiger partial charge is 0.251 e. The van der Waals surface area contributed by atoms with Crippen LogP contribution in [-0.4, -0.2) is 26.4 Å². The molecule has 1 aliphatic rings. The summed E-state index contributed by atoms with van der Waals surface area (Å²) in [5.41, 5.74) is 1.34. The number of benzene rings is 2. The lowest BCUT2D eigenvalue weighted by molar-refractivity contribution is 0.0828. The summed E-state index contributed by atoms with van der Waals surface area (Å²) >= 11 is 6.17. The quantitative estimate of drug-likeness (QED) is 0.913. The molecule has 1 aliphatic heterocycles. The molecule has 0 unspecified atom stereocenters. The van der Waals surface area contributed by atoms with Gasteiger partial charge in [0.15, 0.2) is 11.5 Å². The number of hydrogen-bond donors (Lipinski definition) is 1. The minimum absolute atomic E-state index is 0.179. The second-order valence-corrected chi connectivity index (χ2v) is 5.43. The van der Waals surface area contributed by atoms with Gasteiger partial charge in [0.25, 0.3) is 5.91 Å². The highest BCUT2D eigenvalue weighted by atomic mass is 35.5. The number of fused-ring (bicyclic) bond motifs is 1. The van der Waals surface area contributed by atoms with Crippen LogP contribution < -0.4 is 14.8 Å². The zero-order valence-electron chi connectivity index (χ0n) is 12.5. The monoisotopic (exact) mass is 333 g/mol. The van der Waals surface area contributed by atoms with Crippen molar-refractivity contribution in [3.63, 3.8) is 0 Å². The summed E-state index contributed by atoms with van der Waals surface area (Å²) in [6.07, 6.45) is -0.318. The number of methoxy groups -OCH3 is 1. The first kappa shape index (κ1) is 15.6. The van der Waals surface area contributed by atoms with Crippen LogP contribution in [-0.2, 0) is 4.74 Å². The van der Waals surface area contributed by atoms with Crippen LogP contribution in [0, 0.1) is 0 Å². The average molecular weight is 334 g/mol. The van der Waals surface area contributed by atoms with E-state index in [1.54, 1.807) is 31.4 Å². The summed E-state index contributed by atoms with van der Waals surface area (Å²) in [5.74, 6) is 1.01. The van der Waals surface area contributed by atoms with E-state index in [1.807, 2.05) is 18.2 Å². The lowest BCUT2D eigenvalue weighted by atomic mass is 10.1. The summed E-state index contributed by atoms with van der Waals surface area (Å²) in [6.45, 7) is 0.492. The van der Waals surface area contributed by atoms with Crippen LogP contribution >= 0.6 is 11.6 Å². The maximum atomic E-state index is 12.3. The fourth-order valence-electron chi connectivity index (χ4n) is 2.38. The summed E-state index contributed by atoms with van der Waals surface area (Å²) in [4.78, 5) is 12.3. The van der Waals surface area contributed by atoms with E-state index in [0.717, 1.165) is 5.56 Å². The first-order valence-electron chi connectivity index (χ1n) is 7.14. The van der Waals surface area contributed by atoms with Crippen molar-refractivity contribution in [1.82, 2.24) is 5.32 Å². The highest BCUT2D eigenvalue weighted by Crippen LogP contribution is 2.32. The standard InChI is InChI=1S/C17H16ClNO4/c1-21-16(12-4-2-3-5-13(12)18)9-19-17(20)11-6-7-14-15(8-11)23-10-22-14/h2-8,16H,9-10H2,1H3,(H,19,20)/t16-/m1/s1. The predicted molar refractivity (Wildman–Crippen MR) is 86.1 cm³/mol. The zero-order chi connectivity index (χ0) is 16.2. The van der Waals surface area contributed by atoms with E-state index in [1.165, 1.54) is 0 Å². The van der Waals surface area contributed by atoms with E-state index in [-0.39, 0.29) is 18.8 Å². The Kier molecular flexibility index (Phi) is 4.69. The molecule has 0 saturated heterocycles. The molecule has 2 aromatic carbocycles. The molecule has 1 N–H and O–H groups in total. The first-order valence-corrected chi connectivity index (χ1v) is 7.52. The van der Waals surface area contributed by atoms with Gasteiger partial charge < -0.3 is 19.5 Å². The molecule has 1 heterocycles. The van der Waals surface area contributed by atoms with Crippen LogP contribution in [0.4, 0.5) is 0 Å². The van der Waals surface area contributed by atoms with Gasteiger partial charge in [-0.3, -0.25) is 4.79 Å². The molecular formula is C17H16ClNO4. The number of carbonyl (C=O) groups excluding carboxylic acids is 1. The Morgan fingerprint density at radius 1 is 1.26 bits per heavy atom. The van der Waals surface area contributed by atoms with Crippen molar-refractivity contribution in [2.75, 3.05) is 20.4 Å². The van der Waals surface area contributed by atoms with E-state index >= 15 is 0 Å². The van der Waals surface area contributed by atoms with Crippen LogP contribution in [0.15, 0.2) is 42.5 Å². The number of ether oxygens (including phenoxy) is 3. The Bertz CT molecular complexity index is 719. The van der Waals surface area contributed by atoms with E-state index in [0.29, 0.717) is 28.6 Å². The Balaban J connectivity index is 1.67. The molecule has 0 bridgehead atoms. The molecular weight excluding hydrogens is 318 g/mol. The average Bonchev–Trinajstić information content (AvgIpc) is 3.04. The number of hydrogen-bond acceptors (Lipinski definition) is 4. The molecule has 120 valence electrons. The molecule has 5 nitrogen and oxygen atoms in total. The molecule has 0 saturated carbocycles. The van der Waals surface area contributed by atoms with E-state index in [4.69, 9.17) is 25.8 Å². The largest absolute Gasteiger partial charge is 0.454 e. The molecule has 0 spiro atoms. The molecule has 1 amide bonds. The van der Waals surface area contributed by atoms with Crippen molar-refractivity contribution in [2.45, 2.75) is 6.10 Å². The number of nitrogens with one attached hydrogen (secondary N) is 1. The van der Waals surface area contributed by atoms with Gasteiger partial charge in [-0.2, -0.15) is 0 Å². The fraction of sp³-hybridized carbons (Fsp3) is 0.235. The summed E-state index contributed by atoms with van der Waals surface area (Å²) in [6, 6.07) is 12.5. The molecule has 0 radical (unpaired) electrons. The topological polar surface area (TPSA) is 56.8 Å². The second kappa shape index (κ2) is 6.89. The van der Waals surface area contributed by atoms with Gasteiger partial charge in [-0.05, 0) is 24.3 Å². The highest BCUT2D eigenvalue weighted by Gasteiger charge is 2.18. The highest BCUT2D eigenvalue weighted by molar-refractivity contribution is 6.31. The predicted octanol–water partition coefficient (Wildman–Crippen LogP) is 3.19.